The predicted molar refractivity (Wildman–Crippen MR) is 84.8 cm³/mol. The van der Waals surface area contributed by atoms with Crippen molar-refractivity contribution in [2.24, 2.45) is 0 Å². The van der Waals surface area contributed by atoms with Crippen LogP contribution in [0.15, 0.2) is 29.2 Å². The lowest BCUT2D eigenvalue weighted by atomic mass is 10.1. The van der Waals surface area contributed by atoms with Crippen LogP contribution in [0.5, 0.6) is 0 Å². The Morgan fingerprint density at radius 3 is 2.43 bits per heavy atom. The maximum atomic E-state index is 12.6. The molecule has 1 aliphatic heterocycles. The van der Waals surface area contributed by atoms with Gasteiger partial charge in [-0.15, -0.1) is 0 Å². The van der Waals surface area contributed by atoms with Crippen molar-refractivity contribution in [3.8, 4) is 0 Å². The van der Waals surface area contributed by atoms with Gasteiger partial charge in [0, 0.05) is 44.9 Å². The minimum atomic E-state index is -3.59. The van der Waals surface area contributed by atoms with Crippen LogP contribution in [0.4, 0.5) is 5.69 Å². The fourth-order valence-electron chi connectivity index (χ4n) is 2.55. The molecule has 0 amide bonds. The number of non-ortho nitro benzene ring substituents is 1. The van der Waals surface area contributed by atoms with Crippen LogP contribution in [0.2, 0.25) is 0 Å². The van der Waals surface area contributed by atoms with Crippen LogP contribution in [0.1, 0.15) is 12.8 Å². The molecule has 1 N–H and O–H groups in total. The number of piperidine rings is 1. The summed E-state index contributed by atoms with van der Waals surface area (Å²) in [6, 6.07) is 5.29. The second-order valence-corrected chi connectivity index (χ2v) is 7.31. The van der Waals surface area contributed by atoms with E-state index in [9.17, 15) is 18.5 Å². The van der Waals surface area contributed by atoms with Crippen LogP contribution in [0.25, 0.3) is 0 Å². The highest BCUT2D eigenvalue weighted by molar-refractivity contribution is 7.89. The lowest BCUT2D eigenvalue weighted by Crippen LogP contribution is -2.45. The molecule has 23 heavy (non-hydrogen) atoms. The zero-order valence-electron chi connectivity index (χ0n) is 13.0. The number of rotatable bonds is 7. The number of methoxy groups -OCH3 is 1. The van der Waals surface area contributed by atoms with Gasteiger partial charge in [0.15, 0.2) is 0 Å². The summed E-state index contributed by atoms with van der Waals surface area (Å²) in [5, 5.41) is 14.0. The summed E-state index contributed by atoms with van der Waals surface area (Å²) >= 11 is 0. The molecule has 0 radical (unpaired) electrons. The molecule has 2 rings (SSSR count). The molecule has 0 saturated carbocycles. The molecule has 0 aliphatic carbocycles. The maximum absolute atomic E-state index is 12.6. The van der Waals surface area contributed by atoms with Crippen molar-refractivity contribution in [1.82, 2.24) is 9.62 Å². The van der Waals surface area contributed by atoms with Crippen molar-refractivity contribution < 1.29 is 18.1 Å². The van der Waals surface area contributed by atoms with Gasteiger partial charge in [-0.2, -0.15) is 4.31 Å². The molecule has 1 aliphatic rings. The first-order valence-electron chi connectivity index (χ1n) is 7.42. The van der Waals surface area contributed by atoms with Crippen LogP contribution >= 0.6 is 0 Å². The van der Waals surface area contributed by atoms with E-state index >= 15 is 0 Å². The Hall–Kier alpha value is -1.55. The van der Waals surface area contributed by atoms with E-state index in [2.05, 4.69) is 5.32 Å². The second kappa shape index (κ2) is 7.82. The summed E-state index contributed by atoms with van der Waals surface area (Å²) in [6.07, 6.45) is 1.46. The number of nitrogens with zero attached hydrogens (tertiary/aromatic N) is 2. The Bertz CT molecular complexity index is 624. The second-order valence-electron chi connectivity index (χ2n) is 5.38. The molecule has 0 spiro atoms. The van der Waals surface area contributed by atoms with Gasteiger partial charge in [0.25, 0.3) is 5.69 Å². The topological polar surface area (TPSA) is 102 Å². The molecule has 1 aromatic carbocycles. The number of hydrogen-bond donors (Lipinski definition) is 1. The van der Waals surface area contributed by atoms with E-state index < -0.39 is 14.9 Å². The predicted octanol–water partition coefficient (Wildman–Crippen LogP) is 0.984. The molecule has 1 saturated heterocycles. The van der Waals surface area contributed by atoms with E-state index in [1.54, 1.807) is 7.11 Å². The van der Waals surface area contributed by atoms with E-state index in [0.717, 1.165) is 19.4 Å². The molecule has 0 aromatic heterocycles. The Kier molecular flexibility index (Phi) is 6.05. The van der Waals surface area contributed by atoms with E-state index in [1.165, 1.54) is 28.6 Å². The molecule has 128 valence electrons. The average molecular weight is 343 g/mol. The number of ether oxygens (including phenoxy) is 1. The van der Waals surface area contributed by atoms with Crippen molar-refractivity contribution in [2.75, 3.05) is 33.4 Å². The van der Waals surface area contributed by atoms with Crippen molar-refractivity contribution in [3.63, 3.8) is 0 Å². The number of nitro groups is 1. The van der Waals surface area contributed by atoms with Crippen LogP contribution < -0.4 is 5.32 Å². The van der Waals surface area contributed by atoms with Gasteiger partial charge >= 0.3 is 0 Å². The van der Waals surface area contributed by atoms with Gasteiger partial charge in [-0.05, 0) is 25.0 Å². The smallest absolute Gasteiger partial charge is 0.269 e. The van der Waals surface area contributed by atoms with Crippen LogP contribution in [-0.2, 0) is 14.8 Å². The molecule has 0 unspecified atom stereocenters. The van der Waals surface area contributed by atoms with Gasteiger partial charge in [-0.1, -0.05) is 0 Å². The molecular weight excluding hydrogens is 322 g/mol. The Morgan fingerprint density at radius 2 is 1.91 bits per heavy atom. The monoisotopic (exact) mass is 343 g/mol. The van der Waals surface area contributed by atoms with E-state index in [-0.39, 0.29) is 16.6 Å². The molecule has 0 bridgehead atoms. The van der Waals surface area contributed by atoms with Gasteiger partial charge in [0.1, 0.15) is 0 Å². The first-order chi connectivity index (χ1) is 10.9. The van der Waals surface area contributed by atoms with Gasteiger partial charge in [0.2, 0.25) is 10.0 Å². The summed E-state index contributed by atoms with van der Waals surface area (Å²) in [4.78, 5) is 10.2. The lowest BCUT2D eigenvalue weighted by molar-refractivity contribution is -0.384. The van der Waals surface area contributed by atoms with Gasteiger partial charge < -0.3 is 10.1 Å². The van der Waals surface area contributed by atoms with Crippen molar-refractivity contribution in [3.05, 3.63) is 34.4 Å². The van der Waals surface area contributed by atoms with Gasteiger partial charge in [-0.3, -0.25) is 10.1 Å². The van der Waals surface area contributed by atoms with E-state index in [0.29, 0.717) is 19.7 Å². The molecular formula is C14H21N3O5S. The summed E-state index contributed by atoms with van der Waals surface area (Å²) in [6.45, 7) is 2.24. The standard InChI is InChI=1S/C14H21N3O5S/c1-22-11-8-15-12-6-9-16(10-7-12)23(20,21)14-4-2-13(3-5-14)17(18)19/h2-5,12,15H,6-11H2,1H3. The van der Waals surface area contributed by atoms with Crippen LogP contribution in [-0.4, -0.2) is 57.0 Å². The largest absolute Gasteiger partial charge is 0.383 e. The molecule has 1 fully saturated rings. The molecule has 8 nitrogen and oxygen atoms in total. The highest BCUT2D eigenvalue weighted by Crippen LogP contribution is 2.22. The number of benzene rings is 1. The van der Waals surface area contributed by atoms with Crippen molar-refractivity contribution >= 4 is 15.7 Å². The zero-order valence-corrected chi connectivity index (χ0v) is 13.8. The Morgan fingerprint density at radius 1 is 1.30 bits per heavy atom. The molecule has 1 heterocycles. The minimum absolute atomic E-state index is 0.0916. The number of nitrogens with one attached hydrogen (secondary N) is 1. The fourth-order valence-corrected chi connectivity index (χ4v) is 4.02. The quantitative estimate of drug-likeness (QED) is 0.450. The third-order valence-electron chi connectivity index (χ3n) is 3.88. The zero-order chi connectivity index (χ0) is 16.9. The summed E-state index contributed by atoms with van der Waals surface area (Å²) in [5.41, 5.74) is -0.120. The van der Waals surface area contributed by atoms with E-state index in [1.807, 2.05) is 0 Å². The Balaban J connectivity index is 1.97. The molecule has 0 atom stereocenters. The van der Waals surface area contributed by atoms with Crippen LogP contribution in [0.3, 0.4) is 0 Å². The van der Waals surface area contributed by atoms with Crippen LogP contribution in [0, 0.1) is 10.1 Å². The minimum Gasteiger partial charge on any atom is -0.383 e. The number of hydrogen-bond acceptors (Lipinski definition) is 6. The summed E-state index contributed by atoms with van der Waals surface area (Å²) < 4.78 is 31.5. The first kappa shape index (κ1) is 17.8. The average Bonchev–Trinajstić information content (AvgIpc) is 2.55. The molecule has 9 heteroatoms. The van der Waals surface area contributed by atoms with Crippen molar-refractivity contribution in [2.45, 2.75) is 23.8 Å². The summed E-state index contributed by atoms with van der Waals surface area (Å²) in [5.74, 6) is 0. The Labute approximate surface area is 135 Å². The third kappa shape index (κ3) is 4.47. The summed E-state index contributed by atoms with van der Waals surface area (Å²) in [7, 11) is -1.95. The van der Waals surface area contributed by atoms with Crippen molar-refractivity contribution in [1.29, 1.82) is 0 Å². The van der Waals surface area contributed by atoms with Gasteiger partial charge in [-0.25, -0.2) is 8.42 Å². The molecule has 1 aromatic rings. The number of nitro benzene ring substituents is 1. The highest BCUT2D eigenvalue weighted by Gasteiger charge is 2.29. The van der Waals surface area contributed by atoms with Gasteiger partial charge in [0.05, 0.1) is 16.4 Å². The number of sulfonamides is 1. The lowest BCUT2D eigenvalue weighted by Gasteiger charge is -2.31. The fraction of sp³-hybridized carbons (Fsp3) is 0.571. The SMILES string of the molecule is COCCNC1CCN(S(=O)(=O)c2ccc([N+](=O)[O-])cc2)CC1. The van der Waals surface area contributed by atoms with E-state index in [4.69, 9.17) is 4.74 Å². The highest BCUT2D eigenvalue weighted by atomic mass is 32.2. The normalized spacial score (nSPS) is 17.3. The maximum Gasteiger partial charge on any atom is 0.269 e. The third-order valence-corrected chi connectivity index (χ3v) is 5.79. The first-order valence-corrected chi connectivity index (χ1v) is 8.86.